The Labute approximate surface area is 143 Å². The summed E-state index contributed by atoms with van der Waals surface area (Å²) in [6.45, 7) is 0.345. The third-order valence-corrected chi connectivity index (χ3v) is 4.14. The topological polar surface area (TPSA) is 67.6 Å². The summed E-state index contributed by atoms with van der Waals surface area (Å²) in [5.41, 5.74) is 8.08. The van der Waals surface area contributed by atoms with Crippen molar-refractivity contribution in [2.24, 2.45) is 0 Å². The molecule has 2 N–H and O–H groups in total. The van der Waals surface area contributed by atoms with Gasteiger partial charge in [0.05, 0.1) is 12.2 Å². The van der Waals surface area contributed by atoms with Gasteiger partial charge in [-0.3, -0.25) is 0 Å². The Hall–Kier alpha value is -2.84. The first kappa shape index (κ1) is 16.0. The number of benzene rings is 2. The lowest BCUT2D eigenvalue weighted by atomic mass is 10.1. The first-order valence-electron chi connectivity index (χ1n) is 7.32. The fraction of sp³-hybridized carbons (Fsp3) is 0.111. The van der Waals surface area contributed by atoms with E-state index in [0.717, 1.165) is 5.56 Å². The normalized spacial score (nSPS) is 10.5. The largest absolute Gasteiger partial charge is 0.383 e. The molecule has 0 radical (unpaired) electrons. The Bertz CT molecular complexity index is 927. The molecular weight excluding hydrogens is 327 g/mol. The van der Waals surface area contributed by atoms with Crippen LogP contribution in [0.1, 0.15) is 22.4 Å². The van der Waals surface area contributed by atoms with Crippen LogP contribution in [-0.4, -0.2) is 9.78 Å². The second-order valence-corrected chi connectivity index (χ2v) is 5.74. The van der Waals surface area contributed by atoms with Gasteiger partial charge in [0.1, 0.15) is 23.3 Å². The summed E-state index contributed by atoms with van der Waals surface area (Å²) >= 11 is 6.16. The van der Waals surface area contributed by atoms with Crippen molar-refractivity contribution in [3.8, 4) is 6.07 Å². The van der Waals surface area contributed by atoms with E-state index < -0.39 is 0 Å². The molecule has 0 amide bonds. The molecular formula is C18H14ClFN4. The van der Waals surface area contributed by atoms with E-state index in [1.165, 1.54) is 10.7 Å². The Morgan fingerprint density at radius 2 is 1.79 bits per heavy atom. The summed E-state index contributed by atoms with van der Waals surface area (Å²) in [7, 11) is 0. The molecule has 4 nitrogen and oxygen atoms in total. The molecule has 6 heteroatoms. The SMILES string of the molecule is N#Cc1c(Cc2ccccc2F)nn(Cc2ccccc2Cl)c1N. The molecule has 1 aromatic heterocycles. The summed E-state index contributed by atoms with van der Waals surface area (Å²) in [4.78, 5) is 0. The zero-order valence-electron chi connectivity index (χ0n) is 12.7. The van der Waals surface area contributed by atoms with Gasteiger partial charge in [-0.05, 0) is 23.3 Å². The van der Waals surface area contributed by atoms with Crippen molar-refractivity contribution in [3.05, 3.63) is 81.8 Å². The smallest absolute Gasteiger partial charge is 0.140 e. The summed E-state index contributed by atoms with van der Waals surface area (Å²) in [6, 6.07) is 15.8. The van der Waals surface area contributed by atoms with Gasteiger partial charge in [-0.15, -0.1) is 0 Å². The minimum absolute atomic E-state index is 0.204. The molecule has 3 rings (SSSR count). The van der Waals surface area contributed by atoms with Crippen LogP contribution in [0.15, 0.2) is 48.5 Å². The van der Waals surface area contributed by atoms with Gasteiger partial charge < -0.3 is 5.73 Å². The van der Waals surface area contributed by atoms with Crippen LogP contribution < -0.4 is 5.73 Å². The van der Waals surface area contributed by atoms with Crippen molar-refractivity contribution in [3.63, 3.8) is 0 Å². The maximum absolute atomic E-state index is 13.9. The zero-order valence-corrected chi connectivity index (χ0v) is 13.5. The number of hydrogen-bond donors (Lipinski definition) is 1. The predicted octanol–water partition coefficient (Wildman–Crippen LogP) is 3.77. The zero-order chi connectivity index (χ0) is 17.1. The molecule has 24 heavy (non-hydrogen) atoms. The Morgan fingerprint density at radius 1 is 1.12 bits per heavy atom. The van der Waals surface area contributed by atoms with E-state index >= 15 is 0 Å². The molecule has 0 saturated carbocycles. The molecule has 0 atom stereocenters. The maximum atomic E-state index is 13.9. The van der Waals surface area contributed by atoms with E-state index in [1.807, 2.05) is 18.2 Å². The van der Waals surface area contributed by atoms with Crippen LogP contribution in [0.25, 0.3) is 0 Å². The number of nitriles is 1. The van der Waals surface area contributed by atoms with E-state index in [2.05, 4.69) is 11.2 Å². The monoisotopic (exact) mass is 340 g/mol. The van der Waals surface area contributed by atoms with Crippen LogP contribution in [-0.2, 0) is 13.0 Å². The second kappa shape index (κ2) is 6.73. The summed E-state index contributed by atoms with van der Waals surface area (Å²) < 4.78 is 15.4. The van der Waals surface area contributed by atoms with Crippen LogP contribution in [0.2, 0.25) is 5.02 Å². The first-order chi connectivity index (χ1) is 11.6. The van der Waals surface area contributed by atoms with Gasteiger partial charge in [-0.1, -0.05) is 48.0 Å². The van der Waals surface area contributed by atoms with Crippen LogP contribution in [0.3, 0.4) is 0 Å². The lowest BCUT2D eigenvalue weighted by molar-refractivity contribution is 0.611. The predicted molar refractivity (Wildman–Crippen MR) is 91.1 cm³/mol. The van der Waals surface area contributed by atoms with Crippen molar-refractivity contribution < 1.29 is 4.39 Å². The fourth-order valence-electron chi connectivity index (χ4n) is 2.50. The van der Waals surface area contributed by atoms with Gasteiger partial charge in [0, 0.05) is 11.4 Å². The number of hydrogen-bond acceptors (Lipinski definition) is 3. The maximum Gasteiger partial charge on any atom is 0.140 e. The van der Waals surface area contributed by atoms with Gasteiger partial charge in [0.25, 0.3) is 0 Å². The van der Waals surface area contributed by atoms with Crippen LogP contribution in [0, 0.1) is 17.1 Å². The van der Waals surface area contributed by atoms with Crippen LogP contribution in [0.5, 0.6) is 0 Å². The van der Waals surface area contributed by atoms with Crippen molar-refractivity contribution in [1.29, 1.82) is 5.26 Å². The number of halogens is 2. The van der Waals surface area contributed by atoms with Crippen molar-refractivity contribution >= 4 is 17.4 Å². The quantitative estimate of drug-likeness (QED) is 0.786. The number of rotatable bonds is 4. The van der Waals surface area contributed by atoms with Gasteiger partial charge in [-0.25, -0.2) is 9.07 Å². The lowest BCUT2D eigenvalue weighted by Crippen LogP contribution is -2.07. The number of anilines is 1. The van der Waals surface area contributed by atoms with E-state index in [-0.39, 0.29) is 23.6 Å². The van der Waals surface area contributed by atoms with Gasteiger partial charge in [0.2, 0.25) is 0 Å². The van der Waals surface area contributed by atoms with Crippen LogP contribution in [0.4, 0.5) is 10.2 Å². The second-order valence-electron chi connectivity index (χ2n) is 5.34. The standard InChI is InChI=1S/C18H14ClFN4/c19-15-7-3-1-6-13(15)11-24-18(22)14(10-21)17(23-24)9-12-5-2-4-8-16(12)20/h1-8H,9,11,22H2. The lowest BCUT2D eigenvalue weighted by Gasteiger charge is -2.06. The average molecular weight is 341 g/mol. The Morgan fingerprint density at radius 3 is 2.46 bits per heavy atom. The molecule has 0 spiro atoms. The highest BCUT2D eigenvalue weighted by atomic mass is 35.5. The fourth-order valence-corrected chi connectivity index (χ4v) is 2.70. The number of aromatic nitrogens is 2. The molecule has 3 aromatic rings. The summed E-state index contributed by atoms with van der Waals surface area (Å²) in [5, 5.41) is 14.4. The molecule has 0 fully saturated rings. The molecule has 120 valence electrons. The molecule has 0 aliphatic rings. The third-order valence-electron chi connectivity index (χ3n) is 3.77. The minimum atomic E-state index is -0.333. The van der Waals surface area contributed by atoms with Crippen LogP contribution >= 0.6 is 11.6 Å². The number of nitrogens with zero attached hydrogens (tertiary/aromatic N) is 3. The highest BCUT2D eigenvalue weighted by Gasteiger charge is 2.17. The molecule has 0 aliphatic heterocycles. The molecule has 0 unspecified atom stereocenters. The van der Waals surface area contributed by atoms with Gasteiger partial charge in [0.15, 0.2) is 0 Å². The summed E-state index contributed by atoms with van der Waals surface area (Å²) in [6.07, 6.45) is 0.204. The molecule has 0 bridgehead atoms. The van der Waals surface area contributed by atoms with E-state index in [1.54, 1.807) is 24.3 Å². The van der Waals surface area contributed by atoms with Crippen molar-refractivity contribution in [1.82, 2.24) is 9.78 Å². The average Bonchev–Trinajstić information content (AvgIpc) is 2.87. The highest BCUT2D eigenvalue weighted by Crippen LogP contribution is 2.23. The minimum Gasteiger partial charge on any atom is -0.383 e. The first-order valence-corrected chi connectivity index (χ1v) is 7.70. The third kappa shape index (κ3) is 3.10. The van der Waals surface area contributed by atoms with Crippen molar-refractivity contribution in [2.75, 3.05) is 5.73 Å². The number of nitrogens with two attached hydrogens (primary N) is 1. The molecule has 0 saturated heterocycles. The number of nitrogen functional groups attached to an aromatic ring is 1. The molecule has 2 aromatic carbocycles. The van der Waals surface area contributed by atoms with E-state index in [9.17, 15) is 9.65 Å². The Kier molecular flexibility index (Phi) is 4.50. The van der Waals surface area contributed by atoms with Gasteiger partial charge in [-0.2, -0.15) is 10.4 Å². The highest BCUT2D eigenvalue weighted by molar-refractivity contribution is 6.31. The van der Waals surface area contributed by atoms with Crippen molar-refractivity contribution in [2.45, 2.75) is 13.0 Å². The summed E-state index contributed by atoms with van der Waals surface area (Å²) in [5.74, 6) is -0.0793. The molecule has 1 heterocycles. The molecule has 0 aliphatic carbocycles. The van der Waals surface area contributed by atoms with E-state index in [0.29, 0.717) is 22.8 Å². The van der Waals surface area contributed by atoms with Gasteiger partial charge >= 0.3 is 0 Å². The van der Waals surface area contributed by atoms with E-state index in [4.69, 9.17) is 17.3 Å². The Balaban J connectivity index is 1.96.